The third-order valence-corrected chi connectivity index (χ3v) is 2.31. The summed E-state index contributed by atoms with van der Waals surface area (Å²) in [6.07, 6.45) is 2.27. The molecule has 0 spiro atoms. The fraction of sp³-hybridized carbons (Fsp3) is 0.455. The third-order valence-electron chi connectivity index (χ3n) is 2.31. The van der Waals surface area contributed by atoms with E-state index in [1.54, 1.807) is 6.20 Å². The highest BCUT2D eigenvalue weighted by Gasteiger charge is 2.11. The Balaban J connectivity index is 2.48. The van der Waals surface area contributed by atoms with Crippen LogP contribution in [0.25, 0.3) is 0 Å². The molecule has 1 heterocycles. The molecule has 5 heteroatoms. The first-order chi connectivity index (χ1) is 7.63. The molecule has 1 unspecified atom stereocenters. The second kappa shape index (κ2) is 6.07. The number of pyridine rings is 1. The van der Waals surface area contributed by atoms with Crippen LogP contribution in [0, 0.1) is 0 Å². The van der Waals surface area contributed by atoms with Crippen LogP contribution < -0.4 is 11.1 Å². The first kappa shape index (κ1) is 12.4. The molecule has 0 aliphatic rings. The minimum Gasteiger partial charge on any atom is -0.409 e. The summed E-state index contributed by atoms with van der Waals surface area (Å²) in [5.41, 5.74) is 6.41. The molecule has 16 heavy (non-hydrogen) atoms. The van der Waals surface area contributed by atoms with Crippen LogP contribution in [-0.4, -0.2) is 22.1 Å². The monoisotopic (exact) mass is 222 g/mol. The Morgan fingerprint density at radius 1 is 1.56 bits per heavy atom. The van der Waals surface area contributed by atoms with Crippen LogP contribution in [0.15, 0.2) is 29.6 Å². The van der Waals surface area contributed by atoms with Gasteiger partial charge in [0.25, 0.3) is 0 Å². The van der Waals surface area contributed by atoms with Gasteiger partial charge in [-0.3, -0.25) is 4.98 Å². The maximum absolute atomic E-state index is 8.46. The molecule has 0 fully saturated rings. The molecule has 4 N–H and O–H groups in total. The molecule has 0 saturated carbocycles. The van der Waals surface area contributed by atoms with Gasteiger partial charge >= 0.3 is 0 Å². The first-order valence-electron chi connectivity index (χ1n) is 5.27. The van der Waals surface area contributed by atoms with Crippen molar-refractivity contribution < 1.29 is 5.21 Å². The van der Waals surface area contributed by atoms with Gasteiger partial charge in [0.15, 0.2) is 0 Å². The highest BCUT2D eigenvalue weighted by Crippen LogP contribution is 2.09. The second-order valence-electron chi connectivity index (χ2n) is 3.84. The number of nitrogens with two attached hydrogens (primary N) is 1. The SMILES string of the molecule is CC(C/C(N)=N/O)N[C@@H](C)c1ccccn1. The van der Waals surface area contributed by atoms with Gasteiger partial charge in [-0.1, -0.05) is 11.2 Å². The number of oxime groups is 1. The van der Waals surface area contributed by atoms with E-state index in [0.29, 0.717) is 6.42 Å². The summed E-state index contributed by atoms with van der Waals surface area (Å²) in [4.78, 5) is 4.26. The van der Waals surface area contributed by atoms with E-state index in [1.807, 2.05) is 32.0 Å². The number of amidine groups is 1. The van der Waals surface area contributed by atoms with Gasteiger partial charge < -0.3 is 16.3 Å². The van der Waals surface area contributed by atoms with Crippen LogP contribution in [-0.2, 0) is 0 Å². The van der Waals surface area contributed by atoms with Crippen molar-refractivity contribution in [2.24, 2.45) is 10.9 Å². The molecule has 0 aliphatic heterocycles. The van der Waals surface area contributed by atoms with Gasteiger partial charge in [-0.05, 0) is 26.0 Å². The molecular formula is C11H18N4O. The predicted molar refractivity (Wildman–Crippen MR) is 63.3 cm³/mol. The van der Waals surface area contributed by atoms with Crippen LogP contribution >= 0.6 is 0 Å². The Hall–Kier alpha value is -1.62. The van der Waals surface area contributed by atoms with Gasteiger partial charge in [-0.15, -0.1) is 0 Å². The van der Waals surface area contributed by atoms with E-state index < -0.39 is 0 Å². The smallest absolute Gasteiger partial charge is 0.140 e. The van der Waals surface area contributed by atoms with Crippen LogP contribution in [0.4, 0.5) is 0 Å². The zero-order valence-electron chi connectivity index (χ0n) is 9.59. The summed E-state index contributed by atoms with van der Waals surface area (Å²) >= 11 is 0. The number of nitrogens with zero attached hydrogens (tertiary/aromatic N) is 2. The lowest BCUT2D eigenvalue weighted by molar-refractivity contribution is 0.315. The largest absolute Gasteiger partial charge is 0.409 e. The standard InChI is InChI=1S/C11H18N4O/c1-8(7-11(12)15-16)14-9(2)10-5-3-4-6-13-10/h3-6,8-9,14,16H,7H2,1-2H3,(H2,12,15)/t8?,9-/m0/s1. The van der Waals surface area contributed by atoms with Crippen LogP contribution in [0.1, 0.15) is 32.0 Å². The normalized spacial score (nSPS) is 15.8. The predicted octanol–water partition coefficient (Wildman–Crippen LogP) is 1.26. The summed E-state index contributed by atoms with van der Waals surface area (Å²) in [6, 6.07) is 6.08. The number of rotatable bonds is 5. The molecule has 2 atom stereocenters. The summed E-state index contributed by atoms with van der Waals surface area (Å²) in [5, 5.41) is 14.7. The molecular weight excluding hydrogens is 204 g/mol. The Morgan fingerprint density at radius 3 is 2.88 bits per heavy atom. The zero-order chi connectivity index (χ0) is 12.0. The van der Waals surface area contributed by atoms with E-state index in [0.717, 1.165) is 5.69 Å². The van der Waals surface area contributed by atoms with Crippen molar-refractivity contribution in [3.8, 4) is 0 Å². The van der Waals surface area contributed by atoms with Gasteiger partial charge in [-0.2, -0.15) is 0 Å². The Kier molecular flexibility index (Phi) is 4.72. The zero-order valence-corrected chi connectivity index (χ0v) is 9.59. The minimum atomic E-state index is 0.132. The van der Waals surface area contributed by atoms with E-state index in [9.17, 15) is 0 Å². The Labute approximate surface area is 95.4 Å². The number of hydrogen-bond acceptors (Lipinski definition) is 4. The highest BCUT2D eigenvalue weighted by atomic mass is 16.4. The van der Waals surface area contributed by atoms with Crippen molar-refractivity contribution in [1.82, 2.24) is 10.3 Å². The first-order valence-corrected chi connectivity index (χ1v) is 5.27. The molecule has 88 valence electrons. The fourth-order valence-corrected chi connectivity index (χ4v) is 1.56. The van der Waals surface area contributed by atoms with Crippen molar-refractivity contribution in [3.05, 3.63) is 30.1 Å². The summed E-state index contributed by atoms with van der Waals surface area (Å²) in [6.45, 7) is 4.02. The summed E-state index contributed by atoms with van der Waals surface area (Å²) in [5.74, 6) is 0.230. The van der Waals surface area contributed by atoms with Crippen LogP contribution in [0.2, 0.25) is 0 Å². The molecule has 1 aromatic heterocycles. The van der Waals surface area contributed by atoms with Gasteiger partial charge in [0.1, 0.15) is 5.84 Å². The minimum absolute atomic E-state index is 0.132. The summed E-state index contributed by atoms with van der Waals surface area (Å²) in [7, 11) is 0. The Morgan fingerprint density at radius 2 is 2.31 bits per heavy atom. The van der Waals surface area contributed by atoms with Gasteiger partial charge in [0.05, 0.1) is 5.69 Å². The molecule has 0 radical (unpaired) electrons. The lowest BCUT2D eigenvalue weighted by atomic mass is 10.1. The fourth-order valence-electron chi connectivity index (χ4n) is 1.56. The average Bonchev–Trinajstić information content (AvgIpc) is 2.29. The van der Waals surface area contributed by atoms with E-state index in [2.05, 4.69) is 15.5 Å². The molecule has 0 aromatic carbocycles. The maximum Gasteiger partial charge on any atom is 0.140 e. The van der Waals surface area contributed by atoms with Crippen molar-refractivity contribution in [2.45, 2.75) is 32.4 Å². The number of aromatic nitrogens is 1. The van der Waals surface area contributed by atoms with E-state index in [-0.39, 0.29) is 17.9 Å². The van der Waals surface area contributed by atoms with Crippen molar-refractivity contribution >= 4 is 5.84 Å². The third kappa shape index (κ3) is 3.86. The van der Waals surface area contributed by atoms with E-state index in [4.69, 9.17) is 10.9 Å². The van der Waals surface area contributed by atoms with Crippen molar-refractivity contribution in [2.75, 3.05) is 0 Å². The molecule has 1 rings (SSSR count). The van der Waals surface area contributed by atoms with Crippen molar-refractivity contribution in [1.29, 1.82) is 0 Å². The molecule has 0 amide bonds. The lowest BCUT2D eigenvalue weighted by Crippen LogP contribution is -2.33. The molecule has 1 aromatic rings. The number of nitrogens with one attached hydrogen (secondary N) is 1. The molecule has 0 bridgehead atoms. The average molecular weight is 222 g/mol. The van der Waals surface area contributed by atoms with E-state index in [1.165, 1.54) is 0 Å². The van der Waals surface area contributed by atoms with Gasteiger partial charge in [-0.25, -0.2) is 0 Å². The van der Waals surface area contributed by atoms with Crippen LogP contribution in [0.3, 0.4) is 0 Å². The second-order valence-corrected chi connectivity index (χ2v) is 3.84. The number of hydrogen-bond donors (Lipinski definition) is 3. The maximum atomic E-state index is 8.46. The van der Waals surface area contributed by atoms with Gasteiger partial charge in [0, 0.05) is 24.7 Å². The summed E-state index contributed by atoms with van der Waals surface area (Å²) < 4.78 is 0. The molecule has 0 saturated heterocycles. The quantitative estimate of drug-likeness (QED) is 0.303. The molecule has 5 nitrogen and oxygen atoms in total. The van der Waals surface area contributed by atoms with Crippen LogP contribution in [0.5, 0.6) is 0 Å². The lowest BCUT2D eigenvalue weighted by Gasteiger charge is -2.18. The van der Waals surface area contributed by atoms with E-state index >= 15 is 0 Å². The van der Waals surface area contributed by atoms with Gasteiger partial charge in [0.2, 0.25) is 0 Å². The van der Waals surface area contributed by atoms with Crippen molar-refractivity contribution in [3.63, 3.8) is 0 Å². The molecule has 0 aliphatic carbocycles. The Bertz CT molecular complexity index is 339. The topological polar surface area (TPSA) is 83.5 Å². The highest BCUT2D eigenvalue weighted by molar-refractivity contribution is 5.80.